The third-order valence-corrected chi connectivity index (χ3v) is 2.64. The van der Waals surface area contributed by atoms with Crippen molar-refractivity contribution in [1.82, 2.24) is 14.5 Å². The van der Waals surface area contributed by atoms with Gasteiger partial charge in [-0.1, -0.05) is 0 Å². The Kier molecular flexibility index (Phi) is 3.10. The van der Waals surface area contributed by atoms with Gasteiger partial charge in [0, 0.05) is 6.07 Å². The Morgan fingerprint density at radius 2 is 2.29 bits per heavy atom. The van der Waals surface area contributed by atoms with Gasteiger partial charge in [-0.2, -0.15) is 4.98 Å². The average molecular weight is 253 g/mol. The Morgan fingerprint density at radius 1 is 1.53 bits per heavy atom. The van der Waals surface area contributed by atoms with Crippen LogP contribution in [-0.2, 0) is 16.1 Å². The number of carbonyl (C=O) groups is 1. The highest BCUT2D eigenvalue weighted by atomic mass is 32.1. The van der Waals surface area contributed by atoms with E-state index < -0.39 is 0 Å². The first kappa shape index (κ1) is 11.6. The third-order valence-electron chi connectivity index (χ3n) is 2.32. The van der Waals surface area contributed by atoms with Crippen molar-refractivity contribution in [3.8, 4) is 5.88 Å². The fraction of sp³-hybridized carbons (Fsp3) is 0.300. The number of pyridine rings is 1. The molecule has 0 spiro atoms. The number of esters is 1. The lowest BCUT2D eigenvalue weighted by Gasteiger charge is -2.03. The number of aromatic nitrogens is 3. The molecule has 17 heavy (non-hydrogen) atoms. The van der Waals surface area contributed by atoms with E-state index in [1.165, 1.54) is 14.2 Å². The molecule has 2 aromatic heterocycles. The Bertz CT molecular complexity index is 617. The van der Waals surface area contributed by atoms with Gasteiger partial charge in [0.2, 0.25) is 5.88 Å². The van der Waals surface area contributed by atoms with Crippen LogP contribution in [0.1, 0.15) is 0 Å². The largest absolute Gasteiger partial charge is 0.481 e. The quantitative estimate of drug-likeness (QED) is 0.659. The number of rotatable bonds is 3. The van der Waals surface area contributed by atoms with Crippen molar-refractivity contribution in [1.29, 1.82) is 0 Å². The predicted molar refractivity (Wildman–Crippen MR) is 63.5 cm³/mol. The molecule has 90 valence electrons. The number of fused-ring (bicyclic) bond motifs is 1. The standard InChI is InChI=1S/C10H11N3O3S/c1-15-7-4-3-6-9(12-7)13(10(17)11-6)5-8(14)16-2/h3-4H,5H2,1-2H3,(H,11,17). The van der Waals surface area contributed by atoms with Crippen LogP contribution in [0.15, 0.2) is 12.1 Å². The van der Waals surface area contributed by atoms with Crippen molar-refractivity contribution in [2.45, 2.75) is 6.54 Å². The molecule has 0 atom stereocenters. The van der Waals surface area contributed by atoms with Gasteiger partial charge in [0.25, 0.3) is 0 Å². The zero-order chi connectivity index (χ0) is 12.4. The minimum Gasteiger partial charge on any atom is -0.481 e. The second-order valence-electron chi connectivity index (χ2n) is 3.32. The number of H-pyrrole nitrogens is 1. The number of aromatic amines is 1. The van der Waals surface area contributed by atoms with Crippen LogP contribution in [0.2, 0.25) is 0 Å². The van der Waals surface area contributed by atoms with Gasteiger partial charge in [-0.25, -0.2) is 0 Å². The molecule has 0 aromatic carbocycles. The summed E-state index contributed by atoms with van der Waals surface area (Å²) in [6.45, 7) is 0.0233. The highest BCUT2D eigenvalue weighted by molar-refractivity contribution is 7.71. The molecule has 0 unspecified atom stereocenters. The van der Waals surface area contributed by atoms with Crippen molar-refractivity contribution in [3.63, 3.8) is 0 Å². The zero-order valence-corrected chi connectivity index (χ0v) is 10.2. The molecule has 1 N–H and O–H groups in total. The van der Waals surface area contributed by atoms with Gasteiger partial charge in [-0.3, -0.25) is 9.36 Å². The summed E-state index contributed by atoms with van der Waals surface area (Å²) in [7, 11) is 2.86. The summed E-state index contributed by atoms with van der Waals surface area (Å²) >= 11 is 5.12. The number of nitrogens with zero attached hydrogens (tertiary/aromatic N) is 2. The molecule has 0 saturated heterocycles. The summed E-state index contributed by atoms with van der Waals surface area (Å²) in [5, 5.41) is 0. The van der Waals surface area contributed by atoms with E-state index in [2.05, 4.69) is 14.7 Å². The molecule has 2 heterocycles. The Hall–Kier alpha value is -1.89. The maximum Gasteiger partial charge on any atom is 0.325 e. The second kappa shape index (κ2) is 4.54. The Morgan fingerprint density at radius 3 is 2.94 bits per heavy atom. The van der Waals surface area contributed by atoms with Gasteiger partial charge in [0.1, 0.15) is 6.54 Å². The SMILES string of the molecule is COC(=O)Cn1c(=S)[nH]c2ccc(OC)nc21. The normalized spacial score (nSPS) is 10.5. The van der Waals surface area contributed by atoms with Gasteiger partial charge < -0.3 is 14.5 Å². The summed E-state index contributed by atoms with van der Waals surface area (Å²) < 4.78 is 11.6. The zero-order valence-electron chi connectivity index (χ0n) is 9.39. The van der Waals surface area contributed by atoms with Crippen LogP contribution in [0.5, 0.6) is 5.88 Å². The Balaban J connectivity index is 2.56. The first-order chi connectivity index (χ1) is 8.15. The highest BCUT2D eigenvalue weighted by Gasteiger charge is 2.10. The van der Waals surface area contributed by atoms with Gasteiger partial charge in [0.15, 0.2) is 10.4 Å². The van der Waals surface area contributed by atoms with Crippen LogP contribution in [0, 0.1) is 4.77 Å². The smallest absolute Gasteiger partial charge is 0.325 e. The summed E-state index contributed by atoms with van der Waals surface area (Å²) in [5.74, 6) is 0.0803. The van der Waals surface area contributed by atoms with Gasteiger partial charge in [-0.15, -0.1) is 0 Å². The van der Waals surface area contributed by atoms with E-state index in [9.17, 15) is 4.79 Å². The topological polar surface area (TPSA) is 69.1 Å². The van der Waals surface area contributed by atoms with Crippen LogP contribution in [0.25, 0.3) is 11.2 Å². The van der Waals surface area contributed by atoms with E-state index in [1.54, 1.807) is 16.7 Å². The monoisotopic (exact) mass is 253 g/mol. The second-order valence-corrected chi connectivity index (χ2v) is 3.70. The molecule has 7 heteroatoms. The molecule has 0 aliphatic rings. The molecule has 0 saturated carbocycles. The molecule has 0 fully saturated rings. The molecule has 0 aliphatic heterocycles. The fourth-order valence-corrected chi connectivity index (χ4v) is 1.73. The van der Waals surface area contributed by atoms with Gasteiger partial charge >= 0.3 is 5.97 Å². The summed E-state index contributed by atoms with van der Waals surface area (Å²) in [4.78, 5) is 18.5. The molecule has 0 bridgehead atoms. The summed E-state index contributed by atoms with van der Waals surface area (Å²) in [6.07, 6.45) is 0. The first-order valence-corrected chi connectivity index (χ1v) is 5.27. The van der Waals surface area contributed by atoms with Crippen molar-refractivity contribution in [3.05, 3.63) is 16.9 Å². The van der Waals surface area contributed by atoms with Crippen molar-refractivity contribution in [2.24, 2.45) is 0 Å². The molecular weight excluding hydrogens is 242 g/mol. The maximum absolute atomic E-state index is 11.3. The van der Waals surface area contributed by atoms with Crippen molar-refractivity contribution in [2.75, 3.05) is 14.2 Å². The van der Waals surface area contributed by atoms with E-state index in [0.717, 1.165) is 5.52 Å². The number of methoxy groups -OCH3 is 2. The van der Waals surface area contributed by atoms with Crippen molar-refractivity contribution >= 4 is 29.4 Å². The predicted octanol–water partition coefficient (Wildman–Crippen LogP) is 1.28. The molecule has 0 amide bonds. The number of ether oxygens (including phenoxy) is 2. The maximum atomic E-state index is 11.3. The minimum absolute atomic E-state index is 0.0233. The van der Waals surface area contributed by atoms with Crippen LogP contribution in [0.4, 0.5) is 0 Å². The van der Waals surface area contributed by atoms with Crippen LogP contribution >= 0.6 is 12.2 Å². The number of hydrogen-bond acceptors (Lipinski definition) is 5. The molecular formula is C10H11N3O3S. The van der Waals surface area contributed by atoms with Crippen LogP contribution in [-0.4, -0.2) is 34.7 Å². The van der Waals surface area contributed by atoms with Gasteiger partial charge in [-0.05, 0) is 18.3 Å². The van der Waals surface area contributed by atoms with E-state index in [1.807, 2.05) is 0 Å². The highest BCUT2D eigenvalue weighted by Crippen LogP contribution is 2.16. The Labute approximate surface area is 102 Å². The summed E-state index contributed by atoms with van der Waals surface area (Å²) in [5.41, 5.74) is 1.32. The van der Waals surface area contributed by atoms with Crippen molar-refractivity contribution < 1.29 is 14.3 Å². The van der Waals surface area contributed by atoms with E-state index in [0.29, 0.717) is 16.3 Å². The third kappa shape index (κ3) is 2.14. The molecule has 0 radical (unpaired) electrons. The number of imidazole rings is 1. The first-order valence-electron chi connectivity index (χ1n) is 4.86. The van der Waals surface area contributed by atoms with Gasteiger partial charge in [0.05, 0.1) is 19.7 Å². The van der Waals surface area contributed by atoms with E-state index in [-0.39, 0.29) is 12.5 Å². The minimum atomic E-state index is -0.383. The lowest BCUT2D eigenvalue weighted by atomic mass is 10.4. The van der Waals surface area contributed by atoms with Crippen LogP contribution < -0.4 is 4.74 Å². The van der Waals surface area contributed by atoms with E-state index in [4.69, 9.17) is 17.0 Å². The molecule has 2 rings (SSSR count). The summed E-state index contributed by atoms with van der Waals surface area (Å²) in [6, 6.07) is 3.51. The van der Waals surface area contributed by atoms with Crippen LogP contribution in [0.3, 0.4) is 0 Å². The fourth-order valence-electron chi connectivity index (χ4n) is 1.47. The molecule has 2 aromatic rings. The molecule has 0 aliphatic carbocycles. The molecule has 6 nitrogen and oxygen atoms in total. The number of hydrogen-bond donors (Lipinski definition) is 1. The lowest BCUT2D eigenvalue weighted by molar-refractivity contribution is -0.141. The van der Waals surface area contributed by atoms with E-state index >= 15 is 0 Å². The number of carbonyl (C=O) groups excluding carboxylic acids is 1. The average Bonchev–Trinajstić information content (AvgIpc) is 2.65. The lowest BCUT2D eigenvalue weighted by Crippen LogP contribution is -2.12. The number of nitrogens with one attached hydrogen (secondary N) is 1.